The van der Waals surface area contributed by atoms with E-state index in [4.69, 9.17) is 15.7 Å². The van der Waals surface area contributed by atoms with E-state index < -0.39 is 5.91 Å². The van der Waals surface area contributed by atoms with Gasteiger partial charge in [-0.05, 0) is 62.9 Å². The van der Waals surface area contributed by atoms with Crippen molar-refractivity contribution in [1.29, 1.82) is 0 Å². The molecule has 0 saturated carbocycles. The van der Waals surface area contributed by atoms with Gasteiger partial charge in [-0.25, -0.2) is 9.97 Å². The summed E-state index contributed by atoms with van der Waals surface area (Å²) in [6.45, 7) is 3.95. The summed E-state index contributed by atoms with van der Waals surface area (Å²) in [5, 5.41) is 11.5. The van der Waals surface area contributed by atoms with Crippen LogP contribution in [-0.2, 0) is 24.2 Å². The highest BCUT2D eigenvalue weighted by Crippen LogP contribution is 2.41. The SMILES string of the molecule is Cc1cccc(-c2nnc(Sc3nc(C)nc4sc5c(c34)CCCCC5)n2CC(N)=O)c1. The second-order valence-corrected chi connectivity index (χ2v) is 10.2. The average Bonchev–Trinajstić information content (AvgIpc) is 3.20. The number of carbonyl (C=O) groups excluding carboxylic acids is 1. The fourth-order valence-electron chi connectivity index (χ4n) is 4.22. The minimum absolute atomic E-state index is 0.00750. The molecule has 9 heteroatoms. The predicted molar refractivity (Wildman–Crippen MR) is 127 cm³/mol. The molecule has 0 radical (unpaired) electrons. The molecular weight excluding hydrogens is 440 g/mol. The first-order chi connectivity index (χ1) is 15.5. The van der Waals surface area contributed by atoms with Crippen molar-refractivity contribution in [3.63, 3.8) is 0 Å². The van der Waals surface area contributed by atoms with E-state index in [1.807, 2.05) is 38.1 Å². The molecule has 32 heavy (non-hydrogen) atoms. The monoisotopic (exact) mass is 464 g/mol. The fraction of sp³-hybridized carbons (Fsp3) is 0.348. The molecule has 0 saturated heterocycles. The van der Waals surface area contributed by atoms with Crippen molar-refractivity contribution in [2.75, 3.05) is 0 Å². The number of amides is 1. The van der Waals surface area contributed by atoms with Crippen LogP contribution < -0.4 is 5.73 Å². The number of rotatable bonds is 5. The number of nitrogens with zero attached hydrogens (tertiary/aromatic N) is 5. The van der Waals surface area contributed by atoms with Crippen molar-refractivity contribution in [2.24, 2.45) is 5.73 Å². The molecule has 0 aliphatic heterocycles. The molecule has 4 aromatic rings. The lowest BCUT2D eigenvalue weighted by Crippen LogP contribution is -2.20. The number of carbonyl (C=O) groups is 1. The summed E-state index contributed by atoms with van der Waals surface area (Å²) >= 11 is 3.23. The highest BCUT2D eigenvalue weighted by Gasteiger charge is 2.23. The maximum Gasteiger partial charge on any atom is 0.237 e. The van der Waals surface area contributed by atoms with Crippen LogP contribution in [0.15, 0.2) is 34.4 Å². The molecule has 1 aromatic carbocycles. The number of primary amides is 1. The van der Waals surface area contributed by atoms with E-state index in [1.165, 1.54) is 41.5 Å². The fourth-order valence-corrected chi connectivity index (χ4v) is 6.61. The normalized spacial score (nSPS) is 13.8. The van der Waals surface area contributed by atoms with Crippen molar-refractivity contribution >= 4 is 39.2 Å². The van der Waals surface area contributed by atoms with E-state index in [0.29, 0.717) is 11.0 Å². The number of benzene rings is 1. The Morgan fingerprint density at radius 3 is 2.81 bits per heavy atom. The Morgan fingerprint density at radius 1 is 1.16 bits per heavy atom. The number of hydrogen-bond acceptors (Lipinski definition) is 7. The molecule has 0 bridgehead atoms. The maximum absolute atomic E-state index is 11.9. The molecule has 0 fully saturated rings. The molecule has 0 spiro atoms. The smallest absolute Gasteiger partial charge is 0.237 e. The minimum Gasteiger partial charge on any atom is -0.368 e. The second kappa shape index (κ2) is 8.63. The Hall–Kier alpha value is -2.78. The first-order valence-corrected chi connectivity index (χ1v) is 12.4. The summed E-state index contributed by atoms with van der Waals surface area (Å²) in [6, 6.07) is 7.99. The van der Waals surface area contributed by atoms with Crippen LogP contribution in [0.2, 0.25) is 0 Å². The topological polar surface area (TPSA) is 99.6 Å². The molecule has 0 atom stereocenters. The van der Waals surface area contributed by atoms with Gasteiger partial charge in [-0.3, -0.25) is 9.36 Å². The molecule has 0 unspecified atom stereocenters. The molecule has 3 aromatic heterocycles. The van der Waals surface area contributed by atoms with Crippen LogP contribution in [0.1, 0.15) is 41.1 Å². The number of nitrogens with two attached hydrogens (primary N) is 1. The van der Waals surface area contributed by atoms with Gasteiger partial charge in [0.15, 0.2) is 11.0 Å². The Morgan fingerprint density at radius 2 is 2.00 bits per heavy atom. The van der Waals surface area contributed by atoms with Crippen LogP contribution >= 0.6 is 23.1 Å². The van der Waals surface area contributed by atoms with Crippen LogP contribution in [0.4, 0.5) is 0 Å². The number of aromatic nitrogens is 5. The van der Waals surface area contributed by atoms with E-state index in [-0.39, 0.29) is 6.54 Å². The lowest BCUT2D eigenvalue weighted by atomic mass is 10.1. The molecule has 2 N–H and O–H groups in total. The number of fused-ring (bicyclic) bond motifs is 3. The third-order valence-electron chi connectivity index (χ3n) is 5.64. The molecule has 7 nitrogen and oxygen atoms in total. The lowest BCUT2D eigenvalue weighted by Gasteiger charge is -2.10. The van der Waals surface area contributed by atoms with E-state index in [0.717, 1.165) is 45.0 Å². The van der Waals surface area contributed by atoms with Crippen LogP contribution in [0.3, 0.4) is 0 Å². The van der Waals surface area contributed by atoms with Crippen LogP contribution in [0.25, 0.3) is 21.6 Å². The molecule has 164 valence electrons. The predicted octanol–water partition coefficient (Wildman–Crippen LogP) is 4.47. The Balaban J connectivity index is 1.62. The zero-order chi connectivity index (χ0) is 22.2. The van der Waals surface area contributed by atoms with Crippen molar-refractivity contribution in [1.82, 2.24) is 24.7 Å². The van der Waals surface area contributed by atoms with Gasteiger partial charge in [0.05, 0.1) is 0 Å². The van der Waals surface area contributed by atoms with Crippen LogP contribution in [-0.4, -0.2) is 30.6 Å². The van der Waals surface area contributed by atoms with E-state index in [9.17, 15) is 4.79 Å². The summed E-state index contributed by atoms with van der Waals surface area (Å²) < 4.78 is 1.79. The summed E-state index contributed by atoms with van der Waals surface area (Å²) in [7, 11) is 0. The average molecular weight is 465 g/mol. The Bertz CT molecular complexity index is 1330. The van der Waals surface area contributed by atoms with Crippen LogP contribution in [0, 0.1) is 13.8 Å². The molecule has 3 heterocycles. The third-order valence-corrected chi connectivity index (χ3v) is 7.80. The summed E-state index contributed by atoms with van der Waals surface area (Å²) in [5.74, 6) is 0.923. The zero-order valence-electron chi connectivity index (χ0n) is 18.1. The van der Waals surface area contributed by atoms with Gasteiger partial charge in [0, 0.05) is 15.8 Å². The number of aryl methyl sites for hydroxylation is 4. The van der Waals surface area contributed by atoms with Gasteiger partial charge in [0.1, 0.15) is 22.2 Å². The summed E-state index contributed by atoms with van der Waals surface area (Å²) in [6.07, 6.45) is 5.82. The van der Waals surface area contributed by atoms with E-state index in [1.54, 1.807) is 15.9 Å². The van der Waals surface area contributed by atoms with Crippen LogP contribution in [0.5, 0.6) is 0 Å². The minimum atomic E-state index is -0.436. The van der Waals surface area contributed by atoms with Gasteiger partial charge in [-0.15, -0.1) is 21.5 Å². The first kappa shape index (κ1) is 21.1. The summed E-state index contributed by atoms with van der Waals surface area (Å²) in [4.78, 5) is 23.9. The Kier molecular flexibility index (Phi) is 5.69. The zero-order valence-corrected chi connectivity index (χ0v) is 19.7. The molecular formula is C23H24N6OS2. The molecule has 1 amide bonds. The quantitative estimate of drug-likeness (QED) is 0.345. The van der Waals surface area contributed by atoms with E-state index in [2.05, 4.69) is 10.2 Å². The standard InChI is InChI=1S/C23H24N6OS2/c1-13-7-6-8-15(11-13)20-27-28-23(29(20)12-18(24)30)32-22-19-16-9-4-3-5-10-17(16)31-21(19)25-14(2)26-22/h6-8,11H,3-5,9-10,12H2,1-2H3,(H2,24,30). The van der Waals surface area contributed by atoms with Gasteiger partial charge in [-0.1, -0.05) is 30.2 Å². The lowest BCUT2D eigenvalue weighted by molar-refractivity contribution is -0.118. The highest BCUT2D eigenvalue weighted by atomic mass is 32.2. The van der Waals surface area contributed by atoms with Crippen molar-refractivity contribution in [3.05, 3.63) is 46.1 Å². The van der Waals surface area contributed by atoms with Crippen molar-refractivity contribution in [3.8, 4) is 11.4 Å². The largest absolute Gasteiger partial charge is 0.368 e. The number of thiophene rings is 1. The third kappa shape index (κ3) is 4.02. The van der Waals surface area contributed by atoms with Gasteiger partial charge in [-0.2, -0.15) is 0 Å². The van der Waals surface area contributed by atoms with Gasteiger partial charge >= 0.3 is 0 Å². The highest BCUT2D eigenvalue weighted by molar-refractivity contribution is 7.99. The van der Waals surface area contributed by atoms with Gasteiger partial charge in [0.25, 0.3) is 0 Å². The van der Waals surface area contributed by atoms with E-state index >= 15 is 0 Å². The van der Waals surface area contributed by atoms with Crippen molar-refractivity contribution in [2.45, 2.75) is 62.7 Å². The van der Waals surface area contributed by atoms with Crippen molar-refractivity contribution < 1.29 is 4.79 Å². The molecule has 1 aliphatic rings. The second-order valence-electron chi connectivity index (χ2n) is 8.15. The number of hydrogen-bond donors (Lipinski definition) is 1. The van der Waals surface area contributed by atoms with Gasteiger partial charge < -0.3 is 5.73 Å². The molecule has 5 rings (SSSR count). The summed E-state index contributed by atoms with van der Waals surface area (Å²) in [5.41, 5.74) is 8.97. The Labute approximate surface area is 194 Å². The van der Waals surface area contributed by atoms with Gasteiger partial charge in [0.2, 0.25) is 5.91 Å². The maximum atomic E-state index is 11.9. The molecule has 1 aliphatic carbocycles. The first-order valence-electron chi connectivity index (χ1n) is 10.7.